The van der Waals surface area contributed by atoms with Crippen LogP contribution in [0, 0.1) is 11.3 Å². The molecule has 7 nitrogen and oxygen atoms in total. The highest BCUT2D eigenvalue weighted by molar-refractivity contribution is 7.89. The van der Waals surface area contributed by atoms with Gasteiger partial charge in [0, 0.05) is 50.9 Å². The SMILES string of the molecule is C[C@@]12CCN(c3ncccc3C(=O)Nc3cccc(S(=O)(=O)N4CCC(F)(F)CC4)c3)C[C@@H]1C2. The molecule has 1 aromatic heterocycles. The number of carbonyl (C=O) groups is 1. The van der Waals surface area contributed by atoms with Crippen molar-refractivity contribution in [3.05, 3.63) is 48.2 Å². The molecule has 34 heavy (non-hydrogen) atoms. The second-order valence-electron chi connectivity index (χ2n) is 9.87. The first-order valence-corrected chi connectivity index (χ1v) is 13.0. The van der Waals surface area contributed by atoms with E-state index < -0.39 is 28.8 Å². The first-order chi connectivity index (χ1) is 16.1. The van der Waals surface area contributed by atoms with Gasteiger partial charge in [0.25, 0.3) is 11.8 Å². The number of rotatable bonds is 5. The molecule has 2 aliphatic heterocycles. The Morgan fingerprint density at radius 3 is 2.62 bits per heavy atom. The number of nitrogens with zero attached hydrogens (tertiary/aromatic N) is 3. The predicted molar refractivity (Wildman–Crippen MR) is 125 cm³/mol. The maximum Gasteiger partial charge on any atom is 0.259 e. The number of fused-ring (bicyclic) bond motifs is 1. The zero-order valence-corrected chi connectivity index (χ0v) is 19.8. The van der Waals surface area contributed by atoms with Crippen molar-refractivity contribution >= 4 is 27.4 Å². The van der Waals surface area contributed by atoms with Crippen molar-refractivity contribution in [2.75, 3.05) is 36.4 Å². The molecule has 3 aliphatic rings. The van der Waals surface area contributed by atoms with E-state index in [9.17, 15) is 22.0 Å². The third-order valence-corrected chi connectivity index (χ3v) is 9.34. The highest BCUT2D eigenvalue weighted by Gasteiger charge is 2.53. The molecule has 1 aromatic carbocycles. The molecular weight excluding hydrogens is 462 g/mol. The Bertz CT molecular complexity index is 1210. The lowest BCUT2D eigenvalue weighted by Crippen LogP contribution is -2.42. The minimum Gasteiger partial charge on any atom is -0.356 e. The summed E-state index contributed by atoms with van der Waals surface area (Å²) < 4.78 is 54.0. The van der Waals surface area contributed by atoms with Crippen LogP contribution in [-0.2, 0) is 10.0 Å². The predicted octanol–water partition coefficient (Wildman–Crippen LogP) is 3.99. The fraction of sp³-hybridized carbons (Fsp3) is 0.500. The van der Waals surface area contributed by atoms with Gasteiger partial charge in [-0.05, 0) is 54.5 Å². The molecule has 1 saturated carbocycles. The molecule has 0 bridgehead atoms. The summed E-state index contributed by atoms with van der Waals surface area (Å²) in [6, 6.07) is 9.33. The van der Waals surface area contributed by atoms with Crippen LogP contribution >= 0.6 is 0 Å². The molecular formula is C24H28F2N4O3S. The van der Waals surface area contributed by atoms with Crippen molar-refractivity contribution in [1.29, 1.82) is 0 Å². The van der Waals surface area contributed by atoms with Gasteiger partial charge in [0.15, 0.2) is 0 Å². The Labute approximate surface area is 198 Å². The number of aromatic nitrogens is 1. The molecule has 182 valence electrons. The van der Waals surface area contributed by atoms with Crippen LogP contribution in [0.5, 0.6) is 0 Å². The second-order valence-corrected chi connectivity index (χ2v) is 11.8. The van der Waals surface area contributed by atoms with Gasteiger partial charge in [0.2, 0.25) is 10.0 Å². The maximum atomic E-state index is 13.5. The van der Waals surface area contributed by atoms with Crippen molar-refractivity contribution in [1.82, 2.24) is 9.29 Å². The van der Waals surface area contributed by atoms with Crippen molar-refractivity contribution in [3.63, 3.8) is 0 Å². The number of alkyl halides is 2. The standard InChI is InChI=1S/C24H28F2N4O3S/c1-23-7-11-29(16-17(23)15-23)21-20(6-3-10-27-21)22(31)28-18-4-2-5-19(14-18)34(32,33)30-12-8-24(25,26)9-13-30/h2-6,10,14,17H,7-9,11-13,15-16H2,1H3,(H,28,31)/t17-,23-/m0/s1. The van der Waals surface area contributed by atoms with Crippen LogP contribution in [0.3, 0.4) is 0 Å². The van der Waals surface area contributed by atoms with E-state index in [1.54, 1.807) is 24.4 Å². The van der Waals surface area contributed by atoms with Gasteiger partial charge >= 0.3 is 0 Å². The molecule has 10 heteroatoms. The lowest BCUT2D eigenvalue weighted by molar-refractivity contribution is -0.0412. The largest absolute Gasteiger partial charge is 0.356 e. The third-order valence-electron chi connectivity index (χ3n) is 7.45. The van der Waals surface area contributed by atoms with E-state index in [1.807, 2.05) is 0 Å². The fourth-order valence-electron chi connectivity index (χ4n) is 5.00. The van der Waals surface area contributed by atoms with Crippen molar-refractivity contribution in [2.45, 2.75) is 43.4 Å². The van der Waals surface area contributed by atoms with Crippen LogP contribution in [0.15, 0.2) is 47.5 Å². The van der Waals surface area contributed by atoms with Gasteiger partial charge in [-0.1, -0.05) is 13.0 Å². The minimum atomic E-state index is -3.94. The van der Waals surface area contributed by atoms with Crippen molar-refractivity contribution < 1.29 is 22.0 Å². The lowest BCUT2D eigenvalue weighted by Gasteiger charge is -2.32. The highest BCUT2D eigenvalue weighted by atomic mass is 32.2. The summed E-state index contributed by atoms with van der Waals surface area (Å²) in [4.78, 5) is 19.7. The Hall–Kier alpha value is -2.59. The van der Waals surface area contributed by atoms with Crippen LogP contribution in [0.4, 0.5) is 20.3 Å². The number of anilines is 2. The number of amides is 1. The molecule has 2 aromatic rings. The Morgan fingerprint density at radius 1 is 1.12 bits per heavy atom. The molecule has 1 aliphatic carbocycles. The van der Waals surface area contributed by atoms with E-state index in [2.05, 4.69) is 22.1 Å². The Kier molecular flexibility index (Phi) is 5.63. The van der Waals surface area contributed by atoms with Crippen LogP contribution in [0.25, 0.3) is 0 Å². The third kappa shape index (κ3) is 4.40. The summed E-state index contributed by atoms with van der Waals surface area (Å²) in [5.74, 6) is -1.96. The first kappa shape index (κ1) is 23.2. The number of hydrogen-bond acceptors (Lipinski definition) is 5. The van der Waals surface area contributed by atoms with E-state index in [4.69, 9.17) is 0 Å². The molecule has 2 atom stereocenters. The number of piperidine rings is 2. The van der Waals surface area contributed by atoms with Gasteiger partial charge < -0.3 is 10.2 Å². The molecule has 2 saturated heterocycles. The van der Waals surface area contributed by atoms with Crippen LogP contribution < -0.4 is 10.2 Å². The van der Waals surface area contributed by atoms with E-state index in [-0.39, 0.29) is 23.9 Å². The molecule has 0 radical (unpaired) electrons. The Morgan fingerprint density at radius 2 is 1.88 bits per heavy atom. The molecule has 5 rings (SSSR count). The summed E-state index contributed by atoms with van der Waals surface area (Å²) in [6.07, 6.45) is 2.94. The van der Waals surface area contributed by atoms with Gasteiger partial charge in [0.1, 0.15) is 5.82 Å². The van der Waals surface area contributed by atoms with Crippen molar-refractivity contribution in [3.8, 4) is 0 Å². The molecule has 3 heterocycles. The quantitative estimate of drug-likeness (QED) is 0.685. The van der Waals surface area contributed by atoms with Gasteiger partial charge in [-0.15, -0.1) is 0 Å². The second kappa shape index (κ2) is 8.27. The zero-order valence-electron chi connectivity index (χ0n) is 19.0. The number of sulfonamides is 1. The summed E-state index contributed by atoms with van der Waals surface area (Å²) in [5, 5.41) is 2.79. The zero-order chi connectivity index (χ0) is 24.1. The van der Waals surface area contributed by atoms with E-state index in [1.165, 1.54) is 24.6 Å². The van der Waals surface area contributed by atoms with Gasteiger partial charge in [-0.3, -0.25) is 4.79 Å². The minimum absolute atomic E-state index is 0.0361. The van der Waals surface area contributed by atoms with Gasteiger partial charge in [-0.25, -0.2) is 22.2 Å². The number of pyridine rings is 1. The number of carbonyl (C=O) groups excluding carboxylic acids is 1. The fourth-order valence-corrected chi connectivity index (χ4v) is 6.48. The number of hydrogen-bond donors (Lipinski definition) is 1. The van der Waals surface area contributed by atoms with Crippen LogP contribution in [-0.4, -0.2) is 55.7 Å². The average molecular weight is 491 g/mol. The smallest absolute Gasteiger partial charge is 0.259 e. The molecule has 3 fully saturated rings. The lowest BCUT2D eigenvalue weighted by atomic mass is 9.97. The molecule has 0 spiro atoms. The summed E-state index contributed by atoms with van der Waals surface area (Å²) in [7, 11) is -3.94. The van der Waals surface area contributed by atoms with Crippen molar-refractivity contribution in [2.24, 2.45) is 11.3 Å². The number of nitrogens with one attached hydrogen (secondary N) is 1. The first-order valence-electron chi connectivity index (χ1n) is 11.6. The molecule has 1 amide bonds. The van der Waals surface area contributed by atoms with E-state index in [0.29, 0.717) is 28.4 Å². The topological polar surface area (TPSA) is 82.6 Å². The highest BCUT2D eigenvalue weighted by Crippen LogP contribution is 2.57. The normalized spacial score (nSPS) is 26.6. The Balaban J connectivity index is 1.32. The monoisotopic (exact) mass is 490 g/mol. The average Bonchev–Trinajstić information content (AvgIpc) is 3.49. The maximum absolute atomic E-state index is 13.5. The molecule has 1 N–H and O–H groups in total. The van der Waals surface area contributed by atoms with Crippen LogP contribution in [0.1, 0.15) is 43.0 Å². The summed E-state index contributed by atoms with van der Waals surface area (Å²) >= 11 is 0. The number of benzene rings is 1. The van der Waals surface area contributed by atoms with Crippen LogP contribution in [0.2, 0.25) is 0 Å². The summed E-state index contributed by atoms with van der Waals surface area (Å²) in [6.45, 7) is 3.54. The van der Waals surface area contributed by atoms with Gasteiger partial charge in [-0.2, -0.15) is 4.31 Å². The molecule has 0 unspecified atom stereocenters. The van der Waals surface area contributed by atoms with E-state index in [0.717, 1.165) is 23.8 Å². The van der Waals surface area contributed by atoms with Gasteiger partial charge in [0.05, 0.1) is 10.5 Å². The van der Waals surface area contributed by atoms with E-state index >= 15 is 0 Å². The number of halogens is 2. The summed E-state index contributed by atoms with van der Waals surface area (Å²) in [5.41, 5.74) is 1.17.